The molecule has 1 saturated heterocycles. The first kappa shape index (κ1) is 9.47. The Morgan fingerprint density at radius 1 is 1.48 bits per heavy atom. The number of hydrogen-bond donors (Lipinski definition) is 0. The van der Waals surface area contributed by atoms with Crippen molar-refractivity contribution in [3.63, 3.8) is 0 Å². The van der Waals surface area contributed by atoms with E-state index in [1.165, 1.54) is 20.8 Å². The topological polar surface area (TPSA) is 48.0 Å². The molecule has 130 valence electrons. The lowest BCUT2D eigenvalue weighted by Crippen LogP contribution is -2.44. The molecule has 2 rings (SSSR count). The van der Waals surface area contributed by atoms with Crippen LogP contribution in [0.4, 0.5) is 4.79 Å². The molecule has 0 N–H and O–H groups in total. The number of carbonyl (C=O) groups is 1. The highest BCUT2D eigenvalue weighted by atomic mass is 16.7. The van der Waals surface area contributed by atoms with Gasteiger partial charge in [0.2, 0.25) is 0 Å². The van der Waals surface area contributed by atoms with E-state index in [9.17, 15) is 4.79 Å². The minimum atomic E-state index is -3.48. The van der Waals surface area contributed by atoms with Gasteiger partial charge in [0.05, 0.1) is 18.1 Å². The molecule has 2 aliphatic rings. The maximum atomic E-state index is 12.8. The van der Waals surface area contributed by atoms with Crippen LogP contribution < -0.4 is 0 Å². The number of rotatable bonds is 1. The van der Waals surface area contributed by atoms with Gasteiger partial charge in [0.1, 0.15) is 5.60 Å². The molecular weight excluding hydrogens is 293 g/mol. The van der Waals surface area contributed by atoms with Crippen molar-refractivity contribution in [1.29, 1.82) is 0 Å². The van der Waals surface area contributed by atoms with Gasteiger partial charge in [0, 0.05) is 18.5 Å². The monoisotopic (exact) mass is 332 g/mol. The molecule has 0 radical (unpaired) electrons. The van der Waals surface area contributed by atoms with Gasteiger partial charge in [0.25, 0.3) is 0 Å². The van der Waals surface area contributed by atoms with Crippen LogP contribution >= 0.6 is 0 Å². The van der Waals surface area contributed by atoms with E-state index >= 15 is 0 Å². The van der Waals surface area contributed by atoms with Crippen molar-refractivity contribution in [3.8, 4) is 0 Å². The molecule has 0 aromatic carbocycles. The van der Waals surface area contributed by atoms with E-state index in [-0.39, 0.29) is 4.90 Å². The number of amides is 1. The molecule has 5 nitrogen and oxygen atoms in total. The van der Waals surface area contributed by atoms with E-state index in [0.29, 0.717) is 0 Å². The van der Waals surface area contributed by atoms with Gasteiger partial charge in [-0.1, -0.05) is 12.9 Å². The first-order chi connectivity index (χ1) is 13.8. The van der Waals surface area contributed by atoms with Gasteiger partial charge in [-0.15, -0.1) is 0 Å². The summed E-state index contributed by atoms with van der Waals surface area (Å²) in [4.78, 5) is 12.7. The lowest BCUT2D eigenvalue weighted by molar-refractivity contribution is 0.00578. The highest BCUT2D eigenvalue weighted by molar-refractivity contribution is 6.54. The molecule has 2 heterocycles. The van der Waals surface area contributed by atoms with Crippen LogP contribution in [0, 0.1) is 5.89 Å². The quantitative estimate of drug-likeness (QED) is 0.690. The highest BCUT2D eigenvalue weighted by Gasteiger charge is 2.53. The molecule has 2 aliphatic heterocycles. The van der Waals surface area contributed by atoms with Crippen molar-refractivity contribution in [2.24, 2.45) is 5.89 Å². The van der Waals surface area contributed by atoms with E-state index in [1.807, 2.05) is 0 Å². The fraction of sp³-hybridized carbons (Fsp3) is 0.824. The number of hydrogen-bond acceptors (Lipinski definition) is 4. The second-order valence-corrected chi connectivity index (χ2v) is 7.54. The fourth-order valence-electron chi connectivity index (χ4n) is 1.92. The number of carbonyl (C=O) groups excluding carboxylic acids is 1. The Labute approximate surface area is 153 Å². The standard InChI is InChI=1S/C17H30BNO4/c1-12-11-19(14(20)21-15(2,3)4)10-9-13(12)18-22-16(5,6)17(7,8)23-18/h9,12H,10-11H2,1-8H3/i1D3,9D,10D2,11D2,12D. The third kappa shape index (κ3) is 3.91. The fourth-order valence-corrected chi connectivity index (χ4v) is 1.92. The number of ether oxygens (including phenoxy) is 1. The van der Waals surface area contributed by atoms with Crippen LogP contribution in [0.15, 0.2) is 11.5 Å². The average molecular weight is 332 g/mol. The Hall–Kier alpha value is -1.01. The first-order valence-electron chi connectivity index (χ1n) is 12.0. The zero-order valence-electron chi connectivity index (χ0n) is 23.7. The van der Waals surface area contributed by atoms with Crippen molar-refractivity contribution in [2.75, 3.05) is 13.0 Å². The summed E-state index contributed by atoms with van der Waals surface area (Å²) in [6.45, 7) is 0.844. The highest BCUT2D eigenvalue weighted by Crippen LogP contribution is 2.40. The minimum absolute atomic E-state index is 0.123. The Morgan fingerprint density at radius 3 is 2.52 bits per heavy atom. The second-order valence-electron chi connectivity index (χ2n) is 7.54. The van der Waals surface area contributed by atoms with Crippen LogP contribution in [0.3, 0.4) is 0 Å². The van der Waals surface area contributed by atoms with Crippen molar-refractivity contribution < 1.29 is 31.2 Å². The summed E-state index contributed by atoms with van der Waals surface area (Å²) < 4.78 is 91.8. The van der Waals surface area contributed by atoms with E-state index in [4.69, 9.17) is 26.4 Å². The van der Waals surface area contributed by atoms with Crippen LogP contribution in [-0.2, 0) is 14.0 Å². The van der Waals surface area contributed by atoms with Crippen LogP contribution in [0.1, 0.15) is 67.7 Å². The molecule has 1 amide bonds. The van der Waals surface area contributed by atoms with E-state index in [0.717, 1.165) is 0 Å². The first-order valence-corrected chi connectivity index (χ1v) is 7.45. The van der Waals surface area contributed by atoms with Crippen molar-refractivity contribution >= 4 is 13.2 Å². The molecule has 0 aliphatic carbocycles. The summed E-state index contributed by atoms with van der Waals surface area (Å²) in [5, 5.41) is 0. The molecule has 0 bridgehead atoms. The molecule has 0 spiro atoms. The summed E-state index contributed by atoms with van der Waals surface area (Å²) in [6.07, 6.45) is -1.54. The zero-order chi connectivity index (χ0) is 25.5. The molecule has 0 aromatic rings. The Balaban J connectivity index is 2.84. The minimum Gasteiger partial charge on any atom is -0.444 e. The smallest absolute Gasteiger partial charge is 0.444 e. The van der Waals surface area contributed by atoms with Crippen LogP contribution in [0.2, 0.25) is 0 Å². The number of nitrogens with zero attached hydrogens (tertiary/aromatic N) is 1. The largest absolute Gasteiger partial charge is 0.490 e. The van der Waals surface area contributed by atoms with Crippen molar-refractivity contribution in [3.05, 3.63) is 11.5 Å². The predicted octanol–water partition coefficient (Wildman–Crippen LogP) is 3.43. The maximum Gasteiger partial charge on any atom is 0.490 e. The van der Waals surface area contributed by atoms with Gasteiger partial charge in [-0.3, -0.25) is 0 Å². The van der Waals surface area contributed by atoms with Crippen LogP contribution in [0.5, 0.6) is 0 Å². The molecule has 1 atom stereocenters. The summed E-state index contributed by atoms with van der Waals surface area (Å²) in [6, 6.07) is -1.11. The van der Waals surface area contributed by atoms with Crippen molar-refractivity contribution in [2.45, 2.75) is 72.1 Å². The third-order valence-electron chi connectivity index (χ3n) is 3.86. The van der Waals surface area contributed by atoms with Gasteiger partial charge in [0.15, 0.2) is 0 Å². The summed E-state index contributed by atoms with van der Waals surface area (Å²) in [5.74, 6) is -3.30. The van der Waals surface area contributed by atoms with Gasteiger partial charge in [-0.2, -0.15) is 0 Å². The molecule has 6 heteroatoms. The maximum absolute atomic E-state index is 12.8. The SMILES string of the molecule is [2H]C1=C(B2OC(C)(C)C(C)(C)O2)C([2H])(C([2H])([2H])[2H])C([2H])([2H])N(C(=O)OC(C)(C)C)C1([2H])[2H]. The molecule has 0 saturated carbocycles. The van der Waals surface area contributed by atoms with Crippen molar-refractivity contribution in [1.82, 2.24) is 4.90 Å². The summed E-state index contributed by atoms with van der Waals surface area (Å²) in [7, 11) is -1.70. The van der Waals surface area contributed by atoms with Crippen LogP contribution in [0.25, 0.3) is 0 Å². The third-order valence-corrected chi connectivity index (χ3v) is 3.86. The average Bonchev–Trinajstić information content (AvgIpc) is 2.69. The van der Waals surface area contributed by atoms with E-state index in [2.05, 4.69) is 0 Å². The van der Waals surface area contributed by atoms with E-state index in [1.54, 1.807) is 27.7 Å². The Kier molecular flexibility index (Phi) is 2.39. The second kappa shape index (κ2) is 5.81. The molecular formula is C17H30BNO4. The summed E-state index contributed by atoms with van der Waals surface area (Å²) >= 11 is 0. The normalized spacial score (nSPS) is 41.3. The Morgan fingerprint density at radius 2 is 2.04 bits per heavy atom. The summed E-state index contributed by atoms with van der Waals surface area (Å²) in [5.41, 5.74) is -4.10. The molecule has 23 heavy (non-hydrogen) atoms. The predicted molar refractivity (Wildman–Crippen MR) is 91.1 cm³/mol. The van der Waals surface area contributed by atoms with Gasteiger partial charge in [-0.25, -0.2) is 4.79 Å². The molecule has 1 unspecified atom stereocenters. The lowest BCUT2D eigenvalue weighted by Gasteiger charge is -2.33. The van der Waals surface area contributed by atoms with E-state index < -0.39 is 67.3 Å². The van der Waals surface area contributed by atoms with Crippen LogP contribution in [-0.4, -0.2) is 47.9 Å². The zero-order valence-corrected chi connectivity index (χ0v) is 14.7. The Bertz CT molecular complexity index is 819. The van der Waals surface area contributed by atoms with Gasteiger partial charge < -0.3 is 18.9 Å². The molecule has 0 aromatic heterocycles. The van der Waals surface area contributed by atoms with Gasteiger partial charge in [-0.05, 0) is 59.8 Å². The molecule has 1 fully saturated rings. The van der Waals surface area contributed by atoms with Gasteiger partial charge >= 0.3 is 13.2 Å². The lowest BCUT2D eigenvalue weighted by atomic mass is 9.70.